The van der Waals surface area contributed by atoms with Crippen LogP contribution in [0.2, 0.25) is 0 Å². The van der Waals surface area contributed by atoms with Crippen LogP contribution in [0.1, 0.15) is 49.8 Å². The van der Waals surface area contributed by atoms with E-state index in [2.05, 4.69) is 15.1 Å². The van der Waals surface area contributed by atoms with Crippen LogP contribution in [-0.2, 0) is 19.4 Å². The minimum atomic E-state index is -4.74. The number of nitrogens with zero attached hydrogens (tertiary/aromatic N) is 4. The summed E-state index contributed by atoms with van der Waals surface area (Å²) in [5, 5.41) is 5.38. The first-order chi connectivity index (χ1) is 19.2. The number of alkyl halides is 6. The van der Waals surface area contributed by atoms with Gasteiger partial charge in [0.05, 0.1) is 35.4 Å². The van der Waals surface area contributed by atoms with Gasteiger partial charge in [0.1, 0.15) is 11.4 Å². The van der Waals surface area contributed by atoms with E-state index in [1.807, 2.05) is 0 Å². The molecule has 5 rings (SSSR count). The zero-order valence-electron chi connectivity index (χ0n) is 21.6. The number of pyridine rings is 1. The number of anilines is 1. The van der Waals surface area contributed by atoms with E-state index >= 15 is 0 Å². The molecule has 0 atom stereocenters. The van der Waals surface area contributed by atoms with Crippen molar-refractivity contribution in [2.24, 2.45) is 7.05 Å². The van der Waals surface area contributed by atoms with E-state index in [1.165, 1.54) is 62.4 Å². The van der Waals surface area contributed by atoms with Crippen LogP contribution in [0.25, 0.3) is 22.0 Å². The highest BCUT2D eigenvalue weighted by Crippen LogP contribution is 2.30. The van der Waals surface area contributed by atoms with Crippen molar-refractivity contribution in [2.75, 3.05) is 5.73 Å². The van der Waals surface area contributed by atoms with Gasteiger partial charge in [-0.1, -0.05) is 38.5 Å². The molecular formula is C26H25F7N6O2. The van der Waals surface area contributed by atoms with Crippen LogP contribution in [0.4, 0.5) is 36.4 Å². The van der Waals surface area contributed by atoms with Gasteiger partial charge in [-0.05, 0) is 23.6 Å². The lowest BCUT2D eigenvalue weighted by Crippen LogP contribution is -2.24. The molecule has 15 heteroatoms. The third-order valence-corrected chi connectivity index (χ3v) is 6.05. The molecule has 3 heterocycles. The minimum Gasteiger partial charge on any atom is -0.397 e. The fourth-order valence-corrected chi connectivity index (χ4v) is 3.94. The van der Waals surface area contributed by atoms with Gasteiger partial charge in [0.15, 0.2) is 5.69 Å². The number of hydrogen-bond acceptors (Lipinski definition) is 6. The van der Waals surface area contributed by atoms with Gasteiger partial charge in [-0.25, -0.2) is 14.5 Å². The van der Waals surface area contributed by atoms with Gasteiger partial charge in [-0.2, -0.15) is 31.4 Å². The van der Waals surface area contributed by atoms with Crippen molar-refractivity contribution in [1.29, 1.82) is 0 Å². The number of nitrogen functional groups attached to an aromatic ring is 1. The number of aromatic nitrogens is 5. The standard InChI is InChI=1S/C15H9F4N3O.C6H12.C5H4F3N3O/c1-22-3-2-8-4-10(11(16)5-9(8)14(22)23)12-6-21-13(7-20-12)15(17,18)19;1-2-4-6-5-3-1;6-5(7,8)3-2(9)1-10-11-4(3)12/h2-7H,1H3;1-6H2;1H,(H3,9,11,12). The van der Waals surface area contributed by atoms with Crippen LogP contribution < -0.4 is 16.9 Å². The van der Waals surface area contributed by atoms with E-state index in [9.17, 15) is 40.3 Å². The first-order valence-corrected chi connectivity index (χ1v) is 12.3. The molecule has 1 fully saturated rings. The number of fused-ring (bicyclic) bond motifs is 1. The Morgan fingerprint density at radius 1 is 0.878 bits per heavy atom. The van der Waals surface area contributed by atoms with E-state index < -0.39 is 40.7 Å². The van der Waals surface area contributed by atoms with Crippen LogP contribution >= 0.6 is 0 Å². The summed E-state index contributed by atoms with van der Waals surface area (Å²) in [7, 11) is 1.54. The second-order valence-electron chi connectivity index (χ2n) is 9.08. The number of H-pyrrole nitrogens is 1. The summed E-state index contributed by atoms with van der Waals surface area (Å²) in [6, 6.07) is 4.02. The van der Waals surface area contributed by atoms with E-state index in [4.69, 9.17) is 5.73 Å². The van der Waals surface area contributed by atoms with Crippen molar-refractivity contribution in [1.82, 2.24) is 24.7 Å². The summed E-state index contributed by atoms with van der Waals surface area (Å²) in [6.07, 6.45) is 3.31. The van der Waals surface area contributed by atoms with Crippen molar-refractivity contribution in [3.63, 3.8) is 0 Å². The Balaban J connectivity index is 0.000000212. The molecular weight excluding hydrogens is 561 g/mol. The number of rotatable bonds is 1. The van der Waals surface area contributed by atoms with E-state index in [0.717, 1.165) is 18.5 Å². The molecule has 0 saturated heterocycles. The molecule has 1 aliphatic rings. The van der Waals surface area contributed by atoms with Crippen molar-refractivity contribution in [3.8, 4) is 11.3 Å². The first-order valence-electron chi connectivity index (χ1n) is 12.3. The number of nitrogens with one attached hydrogen (secondary N) is 1. The Hall–Kier alpha value is -4.30. The van der Waals surface area contributed by atoms with Gasteiger partial charge in [-0.3, -0.25) is 14.6 Å². The molecule has 0 spiro atoms. The predicted octanol–water partition coefficient (Wildman–Crippen LogP) is 5.86. The monoisotopic (exact) mass is 586 g/mol. The van der Waals surface area contributed by atoms with Crippen molar-refractivity contribution >= 4 is 16.5 Å². The van der Waals surface area contributed by atoms with Crippen LogP contribution in [0.5, 0.6) is 0 Å². The van der Waals surface area contributed by atoms with E-state index in [-0.39, 0.29) is 22.2 Å². The van der Waals surface area contributed by atoms with Crippen molar-refractivity contribution in [3.05, 3.63) is 80.8 Å². The number of aromatic amines is 1. The average molecular weight is 587 g/mol. The summed E-state index contributed by atoms with van der Waals surface area (Å²) in [5.41, 5.74) is -0.0958. The Labute approximate surface area is 228 Å². The Morgan fingerprint density at radius 3 is 1.95 bits per heavy atom. The van der Waals surface area contributed by atoms with E-state index in [0.29, 0.717) is 11.6 Å². The van der Waals surface area contributed by atoms with Gasteiger partial charge in [0.2, 0.25) is 0 Å². The number of benzene rings is 1. The molecule has 8 nitrogen and oxygen atoms in total. The highest BCUT2D eigenvalue weighted by molar-refractivity contribution is 5.86. The molecule has 41 heavy (non-hydrogen) atoms. The third-order valence-electron chi connectivity index (χ3n) is 6.05. The molecule has 1 aromatic carbocycles. The molecule has 0 amide bonds. The minimum absolute atomic E-state index is 0.0213. The van der Waals surface area contributed by atoms with Crippen molar-refractivity contribution < 1.29 is 30.7 Å². The fraction of sp³-hybridized carbons (Fsp3) is 0.346. The van der Waals surface area contributed by atoms with Crippen LogP contribution in [0.3, 0.4) is 0 Å². The molecule has 1 aliphatic carbocycles. The summed E-state index contributed by atoms with van der Waals surface area (Å²) >= 11 is 0. The topological polar surface area (TPSA) is 120 Å². The quantitative estimate of drug-likeness (QED) is 0.270. The van der Waals surface area contributed by atoms with Crippen LogP contribution in [0, 0.1) is 5.82 Å². The molecule has 4 aromatic rings. The summed E-state index contributed by atoms with van der Waals surface area (Å²) in [4.78, 5) is 29.4. The molecule has 220 valence electrons. The lowest BCUT2D eigenvalue weighted by molar-refractivity contribution is -0.141. The predicted molar refractivity (Wildman–Crippen MR) is 137 cm³/mol. The molecule has 3 aromatic heterocycles. The van der Waals surface area contributed by atoms with Gasteiger partial charge in [0.25, 0.3) is 11.1 Å². The number of hydrogen-bond donors (Lipinski definition) is 2. The first kappa shape index (κ1) is 31.2. The van der Waals surface area contributed by atoms with Gasteiger partial charge >= 0.3 is 12.4 Å². The van der Waals surface area contributed by atoms with Crippen LogP contribution in [-0.4, -0.2) is 24.7 Å². The maximum Gasteiger partial charge on any atom is 0.434 e. The Morgan fingerprint density at radius 2 is 1.49 bits per heavy atom. The van der Waals surface area contributed by atoms with Gasteiger partial charge < -0.3 is 10.3 Å². The summed E-state index contributed by atoms with van der Waals surface area (Å²) in [5.74, 6) is -0.755. The second kappa shape index (κ2) is 12.9. The number of nitrogens with two attached hydrogens (primary N) is 1. The van der Waals surface area contributed by atoms with Gasteiger partial charge in [-0.15, -0.1) is 0 Å². The van der Waals surface area contributed by atoms with E-state index in [1.54, 1.807) is 11.2 Å². The SMILES string of the molecule is C1CCCCC1.Cn1ccc2cc(-c3cnc(C(F)(F)F)cn3)c(F)cc2c1=O.Nc1cn[nH]c(=O)c1C(F)(F)F. The maximum absolute atomic E-state index is 14.2. The Kier molecular flexibility index (Phi) is 9.83. The molecule has 1 saturated carbocycles. The molecule has 0 aliphatic heterocycles. The highest BCUT2D eigenvalue weighted by Gasteiger charge is 2.36. The number of halogens is 7. The largest absolute Gasteiger partial charge is 0.434 e. The number of aryl methyl sites for hydroxylation is 1. The lowest BCUT2D eigenvalue weighted by Gasteiger charge is -2.08. The zero-order chi connectivity index (χ0) is 30.4. The lowest BCUT2D eigenvalue weighted by atomic mass is 10.0. The maximum atomic E-state index is 14.2. The second-order valence-corrected chi connectivity index (χ2v) is 9.08. The third kappa shape index (κ3) is 8.11. The smallest absolute Gasteiger partial charge is 0.397 e. The fourth-order valence-electron chi connectivity index (χ4n) is 3.94. The van der Waals surface area contributed by atoms with Crippen LogP contribution in [0.15, 0.2) is 52.6 Å². The molecule has 0 radical (unpaired) electrons. The molecule has 0 unspecified atom stereocenters. The van der Waals surface area contributed by atoms with Crippen molar-refractivity contribution in [2.45, 2.75) is 50.9 Å². The normalized spacial score (nSPS) is 13.6. The molecule has 0 bridgehead atoms. The van der Waals surface area contributed by atoms with Gasteiger partial charge in [0, 0.05) is 18.8 Å². The zero-order valence-corrected chi connectivity index (χ0v) is 21.6. The molecule has 3 N–H and O–H groups in total. The highest BCUT2D eigenvalue weighted by atomic mass is 19.4. The Bertz CT molecular complexity index is 1580. The average Bonchev–Trinajstić information content (AvgIpc) is 2.91. The summed E-state index contributed by atoms with van der Waals surface area (Å²) in [6.45, 7) is 0. The summed E-state index contributed by atoms with van der Waals surface area (Å²) < 4.78 is 88.9.